The van der Waals surface area contributed by atoms with E-state index in [1.54, 1.807) is 0 Å². The number of ketones is 1. The molecule has 2 fully saturated rings. The molecule has 1 heterocycles. The minimum Gasteiger partial charge on any atom is -0.298 e. The van der Waals surface area contributed by atoms with Gasteiger partial charge in [0.25, 0.3) is 0 Å². The van der Waals surface area contributed by atoms with Crippen molar-refractivity contribution >= 4 is 5.78 Å². The van der Waals surface area contributed by atoms with Gasteiger partial charge in [0.1, 0.15) is 0 Å². The third kappa shape index (κ3) is 3.14. The summed E-state index contributed by atoms with van der Waals surface area (Å²) in [6.07, 6.45) is 2.59. The van der Waals surface area contributed by atoms with Crippen LogP contribution in [-0.2, 0) is 0 Å². The van der Waals surface area contributed by atoms with Crippen molar-refractivity contribution in [3.63, 3.8) is 0 Å². The summed E-state index contributed by atoms with van der Waals surface area (Å²) >= 11 is 0. The summed E-state index contributed by atoms with van der Waals surface area (Å²) in [5.41, 5.74) is 0.242. The zero-order chi connectivity index (χ0) is 15.0. The van der Waals surface area contributed by atoms with E-state index in [0.717, 1.165) is 44.4 Å². The highest BCUT2D eigenvalue weighted by Crippen LogP contribution is 2.28. The van der Waals surface area contributed by atoms with Crippen LogP contribution in [0, 0.1) is 11.6 Å². The van der Waals surface area contributed by atoms with Crippen LogP contribution in [0.2, 0.25) is 0 Å². The third-order valence-electron chi connectivity index (χ3n) is 4.54. The van der Waals surface area contributed by atoms with Crippen molar-refractivity contribution in [3.8, 4) is 0 Å². The van der Waals surface area contributed by atoms with E-state index in [1.807, 2.05) is 6.92 Å². The molecule has 0 aromatic heterocycles. The van der Waals surface area contributed by atoms with Crippen molar-refractivity contribution in [1.82, 2.24) is 9.80 Å². The van der Waals surface area contributed by atoms with Crippen LogP contribution in [0.4, 0.5) is 8.78 Å². The number of halogens is 2. The van der Waals surface area contributed by atoms with E-state index in [-0.39, 0.29) is 17.4 Å². The number of Topliss-reactive ketones (excluding diaryl/α,β-unsaturated/α-hetero) is 1. The highest BCUT2D eigenvalue weighted by molar-refractivity contribution is 5.99. The van der Waals surface area contributed by atoms with Gasteiger partial charge in [0.05, 0.1) is 6.04 Å². The molecule has 1 aliphatic heterocycles. The standard InChI is InChI=1S/C16H20F2N2O/c1-11(16(21)12-2-5-14(17)15(18)10-12)19-6-8-20(9-7-19)13-3-4-13/h2,5,10-11,13H,3-4,6-9H2,1H3. The van der Waals surface area contributed by atoms with Crippen LogP contribution in [0.15, 0.2) is 18.2 Å². The SMILES string of the molecule is CC(C(=O)c1ccc(F)c(F)c1)N1CCN(C2CC2)CC1. The second-order valence-corrected chi connectivity index (χ2v) is 5.97. The van der Waals surface area contributed by atoms with E-state index in [9.17, 15) is 13.6 Å². The maximum Gasteiger partial charge on any atom is 0.179 e. The van der Waals surface area contributed by atoms with Crippen molar-refractivity contribution in [2.75, 3.05) is 26.2 Å². The lowest BCUT2D eigenvalue weighted by Crippen LogP contribution is -2.52. The van der Waals surface area contributed by atoms with Crippen LogP contribution in [0.3, 0.4) is 0 Å². The number of piperazine rings is 1. The van der Waals surface area contributed by atoms with Gasteiger partial charge >= 0.3 is 0 Å². The molecule has 1 unspecified atom stereocenters. The van der Waals surface area contributed by atoms with Crippen molar-refractivity contribution in [2.45, 2.75) is 31.8 Å². The second kappa shape index (κ2) is 5.81. The molecule has 1 aromatic rings. The maximum absolute atomic E-state index is 13.2. The zero-order valence-corrected chi connectivity index (χ0v) is 12.2. The van der Waals surface area contributed by atoms with Gasteiger partial charge in [-0.2, -0.15) is 0 Å². The lowest BCUT2D eigenvalue weighted by molar-refractivity contribution is 0.0686. The monoisotopic (exact) mass is 294 g/mol. The Balaban J connectivity index is 1.62. The highest BCUT2D eigenvalue weighted by Gasteiger charge is 2.33. The zero-order valence-electron chi connectivity index (χ0n) is 12.2. The molecule has 0 spiro atoms. The quantitative estimate of drug-likeness (QED) is 0.796. The van der Waals surface area contributed by atoms with E-state index in [0.29, 0.717) is 0 Å². The van der Waals surface area contributed by atoms with Crippen molar-refractivity contribution < 1.29 is 13.6 Å². The van der Waals surface area contributed by atoms with Gasteiger partial charge in [0.15, 0.2) is 17.4 Å². The van der Waals surface area contributed by atoms with E-state index in [2.05, 4.69) is 9.80 Å². The molecular weight excluding hydrogens is 274 g/mol. The van der Waals surface area contributed by atoms with Gasteiger partial charge in [-0.15, -0.1) is 0 Å². The molecule has 5 heteroatoms. The lowest BCUT2D eigenvalue weighted by Gasteiger charge is -2.37. The third-order valence-corrected chi connectivity index (χ3v) is 4.54. The lowest BCUT2D eigenvalue weighted by atomic mass is 10.0. The molecule has 21 heavy (non-hydrogen) atoms. The molecule has 2 aliphatic rings. The van der Waals surface area contributed by atoms with Crippen LogP contribution >= 0.6 is 0 Å². The minimum atomic E-state index is -0.966. The summed E-state index contributed by atoms with van der Waals surface area (Å²) in [6.45, 7) is 5.52. The van der Waals surface area contributed by atoms with Crippen molar-refractivity contribution in [2.24, 2.45) is 0 Å². The topological polar surface area (TPSA) is 23.6 Å². The Morgan fingerprint density at radius 2 is 1.81 bits per heavy atom. The summed E-state index contributed by atoms with van der Waals surface area (Å²) in [5.74, 6) is -2.03. The Morgan fingerprint density at radius 3 is 2.38 bits per heavy atom. The van der Waals surface area contributed by atoms with Crippen LogP contribution in [0.1, 0.15) is 30.1 Å². The molecule has 0 bridgehead atoms. The normalized spacial score (nSPS) is 22.2. The second-order valence-electron chi connectivity index (χ2n) is 5.97. The van der Waals surface area contributed by atoms with Crippen LogP contribution in [0.25, 0.3) is 0 Å². The van der Waals surface area contributed by atoms with Crippen LogP contribution in [-0.4, -0.2) is 53.8 Å². The number of rotatable bonds is 4. The maximum atomic E-state index is 13.2. The molecule has 1 atom stereocenters. The van der Waals surface area contributed by atoms with Gasteiger partial charge in [-0.05, 0) is 38.0 Å². The van der Waals surface area contributed by atoms with Gasteiger partial charge in [0.2, 0.25) is 0 Å². The van der Waals surface area contributed by atoms with Crippen LogP contribution in [0.5, 0.6) is 0 Å². The minimum absolute atomic E-state index is 0.145. The molecule has 1 saturated heterocycles. The van der Waals surface area contributed by atoms with Crippen molar-refractivity contribution in [1.29, 1.82) is 0 Å². The van der Waals surface area contributed by atoms with Crippen LogP contribution < -0.4 is 0 Å². The van der Waals surface area contributed by atoms with E-state index in [4.69, 9.17) is 0 Å². The molecule has 1 aliphatic carbocycles. The summed E-state index contributed by atoms with van der Waals surface area (Å²) < 4.78 is 26.2. The smallest absolute Gasteiger partial charge is 0.179 e. The van der Waals surface area contributed by atoms with Gasteiger partial charge in [0, 0.05) is 37.8 Å². The molecule has 0 N–H and O–H groups in total. The first-order valence-corrected chi connectivity index (χ1v) is 7.53. The molecule has 0 amide bonds. The van der Waals surface area contributed by atoms with Crippen molar-refractivity contribution in [3.05, 3.63) is 35.4 Å². The Labute approximate surface area is 123 Å². The number of benzene rings is 1. The van der Waals surface area contributed by atoms with E-state index >= 15 is 0 Å². The Bertz CT molecular complexity index is 537. The Hall–Kier alpha value is -1.33. The summed E-state index contributed by atoms with van der Waals surface area (Å²) in [4.78, 5) is 17.0. The largest absolute Gasteiger partial charge is 0.298 e. The van der Waals surface area contributed by atoms with E-state index < -0.39 is 11.6 Å². The Kier molecular flexibility index (Phi) is 4.04. The fourth-order valence-electron chi connectivity index (χ4n) is 2.99. The van der Waals surface area contributed by atoms with E-state index in [1.165, 1.54) is 18.9 Å². The van der Waals surface area contributed by atoms with Gasteiger partial charge < -0.3 is 0 Å². The summed E-state index contributed by atoms with van der Waals surface area (Å²) in [6, 6.07) is 3.83. The fraction of sp³-hybridized carbons (Fsp3) is 0.562. The average Bonchev–Trinajstić information content (AvgIpc) is 3.33. The first kappa shape index (κ1) is 14.6. The molecular formula is C16H20F2N2O. The first-order valence-electron chi connectivity index (χ1n) is 7.53. The molecule has 3 rings (SSSR count). The predicted octanol–water partition coefficient (Wildman–Crippen LogP) is 2.32. The number of carbonyl (C=O) groups excluding carboxylic acids is 1. The summed E-state index contributed by atoms with van der Waals surface area (Å²) in [7, 11) is 0. The highest BCUT2D eigenvalue weighted by atomic mass is 19.2. The molecule has 1 aromatic carbocycles. The molecule has 1 saturated carbocycles. The number of hydrogen-bond acceptors (Lipinski definition) is 3. The number of nitrogens with zero attached hydrogens (tertiary/aromatic N) is 2. The fourth-order valence-corrected chi connectivity index (χ4v) is 2.99. The average molecular weight is 294 g/mol. The molecule has 0 radical (unpaired) electrons. The molecule has 114 valence electrons. The van der Waals surface area contributed by atoms with Gasteiger partial charge in [-0.3, -0.25) is 14.6 Å². The predicted molar refractivity (Wildman–Crippen MR) is 76.3 cm³/mol. The van der Waals surface area contributed by atoms with Gasteiger partial charge in [-0.1, -0.05) is 0 Å². The number of carbonyl (C=O) groups is 1. The Morgan fingerprint density at radius 1 is 1.14 bits per heavy atom. The molecule has 3 nitrogen and oxygen atoms in total. The van der Waals surface area contributed by atoms with Gasteiger partial charge in [-0.25, -0.2) is 8.78 Å². The number of hydrogen-bond donors (Lipinski definition) is 0. The summed E-state index contributed by atoms with van der Waals surface area (Å²) in [5, 5.41) is 0. The first-order chi connectivity index (χ1) is 10.1.